The van der Waals surface area contributed by atoms with Crippen molar-refractivity contribution in [2.24, 2.45) is 0 Å². The minimum Gasteiger partial charge on any atom is -0.454 e. The van der Waals surface area contributed by atoms with Gasteiger partial charge in [-0.15, -0.1) is 0 Å². The molecule has 2 aromatic rings. The van der Waals surface area contributed by atoms with Gasteiger partial charge in [-0.3, -0.25) is 4.79 Å². The van der Waals surface area contributed by atoms with Gasteiger partial charge in [0.05, 0.1) is 15.4 Å². The summed E-state index contributed by atoms with van der Waals surface area (Å²) in [6, 6.07) is 10.6. The second-order valence-corrected chi connectivity index (χ2v) is 10.7. The number of benzene rings is 2. The highest BCUT2D eigenvalue weighted by Crippen LogP contribution is 2.21. The van der Waals surface area contributed by atoms with E-state index in [2.05, 4.69) is 4.72 Å². The second-order valence-electron chi connectivity index (χ2n) is 6.87. The summed E-state index contributed by atoms with van der Waals surface area (Å²) in [5.41, 5.74) is 0.304. The van der Waals surface area contributed by atoms with E-state index >= 15 is 0 Å². The first-order valence-corrected chi connectivity index (χ1v) is 12.4. The number of nitrogens with one attached hydrogen (secondary N) is 1. The van der Waals surface area contributed by atoms with Gasteiger partial charge in [-0.1, -0.05) is 0 Å². The van der Waals surface area contributed by atoms with Crippen LogP contribution in [0.1, 0.15) is 33.6 Å². The smallest absolute Gasteiger partial charge is 0.338 e. The lowest BCUT2D eigenvalue weighted by atomic mass is 10.1. The lowest BCUT2D eigenvalue weighted by molar-refractivity contribution is 0.0474. The summed E-state index contributed by atoms with van der Waals surface area (Å²) < 4.78 is 57.0. The molecule has 1 saturated heterocycles. The van der Waals surface area contributed by atoms with Crippen LogP contribution in [0.15, 0.2) is 58.3 Å². The van der Waals surface area contributed by atoms with Crippen LogP contribution in [0.25, 0.3) is 0 Å². The van der Waals surface area contributed by atoms with Crippen molar-refractivity contribution in [2.45, 2.75) is 22.6 Å². The minimum absolute atomic E-state index is 0.00778. The molecular formula is C20H22N2O7S2. The number of esters is 1. The molecule has 3 rings (SSSR count). The van der Waals surface area contributed by atoms with Crippen LogP contribution in [0, 0.1) is 0 Å². The van der Waals surface area contributed by atoms with E-state index in [0.29, 0.717) is 13.1 Å². The summed E-state index contributed by atoms with van der Waals surface area (Å²) in [6.07, 6.45) is 1.66. The van der Waals surface area contributed by atoms with E-state index in [0.717, 1.165) is 12.8 Å². The normalized spacial score (nSPS) is 15.0. The van der Waals surface area contributed by atoms with Crippen LogP contribution in [0.4, 0.5) is 0 Å². The van der Waals surface area contributed by atoms with Gasteiger partial charge in [0.1, 0.15) is 0 Å². The molecule has 0 radical (unpaired) electrons. The zero-order valence-electron chi connectivity index (χ0n) is 16.8. The molecule has 0 unspecified atom stereocenters. The van der Waals surface area contributed by atoms with E-state index in [1.54, 1.807) is 0 Å². The van der Waals surface area contributed by atoms with Gasteiger partial charge in [-0.05, 0) is 68.4 Å². The first-order chi connectivity index (χ1) is 14.6. The fraction of sp³-hybridized carbons (Fsp3) is 0.300. The number of carbonyl (C=O) groups is 2. The third-order valence-corrected chi connectivity index (χ3v) is 8.23. The first-order valence-electron chi connectivity index (χ1n) is 9.49. The van der Waals surface area contributed by atoms with Crippen LogP contribution in [0.5, 0.6) is 0 Å². The Hall–Kier alpha value is -2.60. The SMILES string of the molecule is CNS(=O)(=O)c1ccc(C(=O)OCC(=O)c2ccc(S(=O)(=O)N3CCCC3)cc2)cc1. The fourth-order valence-corrected chi connectivity index (χ4v) is 5.32. The Kier molecular flexibility index (Phi) is 6.90. The maximum absolute atomic E-state index is 12.5. The van der Waals surface area contributed by atoms with Crippen molar-refractivity contribution in [3.05, 3.63) is 59.7 Å². The summed E-state index contributed by atoms with van der Waals surface area (Å²) >= 11 is 0. The molecule has 1 N–H and O–H groups in total. The highest BCUT2D eigenvalue weighted by Gasteiger charge is 2.27. The molecule has 1 aliphatic heterocycles. The number of nitrogens with zero attached hydrogens (tertiary/aromatic N) is 1. The second kappa shape index (κ2) is 9.27. The number of hydrogen-bond donors (Lipinski definition) is 1. The Morgan fingerprint density at radius 3 is 1.94 bits per heavy atom. The van der Waals surface area contributed by atoms with Crippen molar-refractivity contribution in [1.82, 2.24) is 9.03 Å². The Morgan fingerprint density at radius 1 is 0.871 bits per heavy atom. The topological polar surface area (TPSA) is 127 Å². The molecule has 9 nitrogen and oxygen atoms in total. The molecule has 11 heteroatoms. The van der Waals surface area contributed by atoms with E-state index in [1.165, 1.54) is 59.9 Å². The van der Waals surface area contributed by atoms with Crippen molar-refractivity contribution in [1.29, 1.82) is 0 Å². The van der Waals surface area contributed by atoms with Crippen molar-refractivity contribution >= 4 is 31.8 Å². The van der Waals surface area contributed by atoms with Gasteiger partial charge in [0, 0.05) is 18.7 Å². The zero-order valence-corrected chi connectivity index (χ0v) is 18.4. The molecule has 0 aromatic heterocycles. The standard InChI is InChI=1S/C20H22N2O7S2/c1-21-30(25,26)17-8-6-16(7-9-17)20(24)29-14-19(23)15-4-10-18(11-5-15)31(27,28)22-12-2-3-13-22/h4-11,21H,2-3,12-14H2,1H3. The van der Waals surface area contributed by atoms with E-state index in [-0.39, 0.29) is 20.9 Å². The molecule has 0 amide bonds. The highest BCUT2D eigenvalue weighted by molar-refractivity contribution is 7.89. The van der Waals surface area contributed by atoms with E-state index in [1.807, 2.05) is 0 Å². The molecule has 0 aliphatic carbocycles. The quantitative estimate of drug-likeness (QED) is 0.460. The predicted octanol–water partition coefficient (Wildman–Crippen LogP) is 1.42. The van der Waals surface area contributed by atoms with Gasteiger partial charge in [-0.2, -0.15) is 4.31 Å². The fourth-order valence-electron chi connectivity index (χ4n) is 3.08. The van der Waals surface area contributed by atoms with Gasteiger partial charge in [0.25, 0.3) is 0 Å². The lowest BCUT2D eigenvalue weighted by Gasteiger charge is -2.15. The highest BCUT2D eigenvalue weighted by atomic mass is 32.2. The Balaban J connectivity index is 1.61. The lowest BCUT2D eigenvalue weighted by Crippen LogP contribution is -2.27. The number of Topliss-reactive ketones (excluding diaryl/α,β-unsaturated/α-hetero) is 1. The third kappa shape index (κ3) is 5.18. The van der Waals surface area contributed by atoms with E-state index in [4.69, 9.17) is 4.74 Å². The molecule has 0 spiro atoms. The Labute approximate surface area is 181 Å². The maximum Gasteiger partial charge on any atom is 0.338 e. The number of sulfonamides is 2. The number of ketones is 1. The van der Waals surface area contributed by atoms with Gasteiger partial charge in [-0.25, -0.2) is 26.4 Å². The molecule has 166 valence electrons. The minimum atomic E-state index is -3.62. The van der Waals surface area contributed by atoms with Crippen LogP contribution >= 0.6 is 0 Å². The molecule has 0 bridgehead atoms. The largest absolute Gasteiger partial charge is 0.454 e. The number of rotatable bonds is 8. The van der Waals surface area contributed by atoms with Crippen LogP contribution < -0.4 is 4.72 Å². The Morgan fingerprint density at radius 2 is 1.39 bits per heavy atom. The molecule has 1 aliphatic rings. The predicted molar refractivity (Wildman–Crippen MR) is 112 cm³/mol. The number of ether oxygens (including phenoxy) is 1. The summed E-state index contributed by atoms with van der Waals surface area (Å²) in [5.74, 6) is -1.28. The van der Waals surface area contributed by atoms with Crippen LogP contribution in [0.3, 0.4) is 0 Å². The monoisotopic (exact) mass is 466 g/mol. The first kappa shape index (κ1) is 23.1. The molecule has 0 atom stereocenters. The average Bonchev–Trinajstić information content (AvgIpc) is 3.33. The Bertz CT molecular complexity index is 1170. The van der Waals surface area contributed by atoms with E-state index in [9.17, 15) is 26.4 Å². The summed E-state index contributed by atoms with van der Waals surface area (Å²) in [7, 11) is -5.92. The summed E-state index contributed by atoms with van der Waals surface area (Å²) in [4.78, 5) is 24.5. The third-order valence-electron chi connectivity index (χ3n) is 4.88. The van der Waals surface area contributed by atoms with Gasteiger partial charge < -0.3 is 4.74 Å². The summed E-state index contributed by atoms with van der Waals surface area (Å²) in [5, 5.41) is 0. The van der Waals surface area contributed by atoms with Crippen molar-refractivity contribution in [3.8, 4) is 0 Å². The molecule has 0 saturated carbocycles. The van der Waals surface area contributed by atoms with E-state index < -0.39 is 38.4 Å². The molecule has 31 heavy (non-hydrogen) atoms. The molecule has 2 aromatic carbocycles. The summed E-state index contributed by atoms with van der Waals surface area (Å²) in [6.45, 7) is 0.440. The molecule has 1 fully saturated rings. The average molecular weight is 467 g/mol. The molecular weight excluding hydrogens is 444 g/mol. The van der Waals surface area contributed by atoms with Crippen molar-refractivity contribution < 1.29 is 31.2 Å². The van der Waals surface area contributed by atoms with Crippen molar-refractivity contribution in [3.63, 3.8) is 0 Å². The van der Waals surface area contributed by atoms with Crippen LogP contribution in [-0.2, 0) is 24.8 Å². The maximum atomic E-state index is 12.5. The van der Waals surface area contributed by atoms with Gasteiger partial charge >= 0.3 is 5.97 Å². The van der Waals surface area contributed by atoms with Gasteiger partial charge in [0.2, 0.25) is 20.0 Å². The number of carbonyl (C=O) groups excluding carboxylic acids is 2. The van der Waals surface area contributed by atoms with Crippen LogP contribution in [-0.4, -0.2) is 59.6 Å². The van der Waals surface area contributed by atoms with Crippen LogP contribution in [0.2, 0.25) is 0 Å². The zero-order chi connectivity index (χ0) is 22.6. The number of hydrogen-bond acceptors (Lipinski definition) is 7. The van der Waals surface area contributed by atoms with Crippen molar-refractivity contribution in [2.75, 3.05) is 26.7 Å². The van der Waals surface area contributed by atoms with Gasteiger partial charge in [0.15, 0.2) is 12.4 Å². The molecule has 1 heterocycles.